The molecular weight excluding hydrogens is 404 g/mol. The van der Waals surface area contributed by atoms with Gasteiger partial charge in [0.25, 0.3) is 5.91 Å². The van der Waals surface area contributed by atoms with E-state index in [0.717, 1.165) is 5.56 Å². The Balaban J connectivity index is 1.58. The van der Waals surface area contributed by atoms with E-state index in [1.54, 1.807) is 30.3 Å². The number of benzene rings is 2. The first kappa shape index (κ1) is 21.9. The predicted molar refractivity (Wildman–Crippen MR) is 117 cm³/mol. The molecule has 0 saturated carbocycles. The predicted octanol–water partition coefficient (Wildman–Crippen LogP) is 1.97. The minimum atomic E-state index is -3.15. The van der Waals surface area contributed by atoms with Gasteiger partial charge in [-0.05, 0) is 42.0 Å². The number of hydrogen-bond acceptors (Lipinski definition) is 5. The molecule has 0 aromatic heterocycles. The van der Waals surface area contributed by atoms with Gasteiger partial charge in [0.2, 0.25) is 15.9 Å². The molecule has 3 rings (SSSR count). The third kappa shape index (κ3) is 6.12. The average Bonchev–Trinajstić information content (AvgIpc) is 2.69. The second-order valence-electron chi connectivity index (χ2n) is 7.35. The van der Waals surface area contributed by atoms with Crippen LogP contribution in [0.25, 0.3) is 0 Å². The number of carbonyl (C=O) groups excluding carboxylic acids is 2. The summed E-state index contributed by atoms with van der Waals surface area (Å²) in [7, 11) is -3.15. The van der Waals surface area contributed by atoms with Crippen molar-refractivity contribution < 1.29 is 18.0 Å². The molecule has 2 aromatic carbocycles. The van der Waals surface area contributed by atoms with E-state index in [0.29, 0.717) is 49.7 Å². The van der Waals surface area contributed by atoms with E-state index < -0.39 is 10.0 Å². The van der Waals surface area contributed by atoms with E-state index in [-0.39, 0.29) is 11.8 Å². The minimum absolute atomic E-state index is 0.152. The van der Waals surface area contributed by atoms with Crippen molar-refractivity contribution in [3.05, 3.63) is 59.7 Å². The third-order valence-corrected chi connectivity index (χ3v) is 6.16. The lowest BCUT2D eigenvalue weighted by Crippen LogP contribution is -2.47. The summed E-state index contributed by atoms with van der Waals surface area (Å²) in [5.41, 5.74) is 2.85. The number of piperazine rings is 1. The maximum Gasteiger partial charge on any atom is 0.255 e. The van der Waals surface area contributed by atoms with Crippen LogP contribution in [0.15, 0.2) is 48.5 Å². The Hall–Kier alpha value is -2.75. The highest BCUT2D eigenvalue weighted by atomic mass is 32.2. The fourth-order valence-electron chi connectivity index (χ4n) is 3.33. The van der Waals surface area contributed by atoms with Crippen molar-refractivity contribution in [3.8, 4) is 0 Å². The fourth-order valence-corrected chi connectivity index (χ4v) is 4.16. The van der Waals surface area contributed by atoms with Crippen LogP contribution in [0.3, 0.4) is 0 Å². The van der Waals surface area contributed by atoms with Crippen LogP contribution in [-0.2, 0) is 21.4 Å². The summed E-state index contributed by atoms with van der Waals surface area (Å²) < 4.78 is 24.8. The topological polar surface area (TPSA) is 98.8 Å². The van der Waals surface area contributed by atoms with Crippen LogP contribution < -0.4 is 10.6 Å². The molecule has 0 aliphatic carbocycles. The highest BCUT2D eigenvalue weighted by molar-refractivity contribution is 7.88. The highest BCUT2D eigenvalue weighted by Crippen LogP contribution is 2.16. The van der Waals surface area contributed by atoms with Gasteiger partial charge in [0.1, 0.15) is 0 Å². The number of amides is 2. The van der Waals surface area contributed by atoms with E-state index in [9.17, 15) is 18.0 Å². The quantitative estimate of drug-likeness (QED) is 0.730. The van der Waals surface area contributed by atoms with E-state index in [1.165, 1.54) is 17.5 Å². The number of nitrogens with one attached hydrogen (secondary N) is 2. The van der Waals surface area contributed by atoms with Crippen molar-refractivity contribution >= 4 is 33.2 Å². The number of sulfonamides is 1. The summed E-state index contributed by atoms with van der Waals surface area (Å²) in [6, 6.07) is 14.3. The van der Waals surface area contributed by atoms with Crippen LogP contribution in [-0.4, -0.2) is 61.9 Å². The molecule has 2 N–H and O–H groups in total. The Morgan fingerprint density at radius 2 is 1.53 bits per heavy atom. The zero-order valence-corrected chi connectivity index (χ0v) is 17.9. The second-order valence-corrected chi connectivity index (χ2v) is 9.33. The molecule has 1 fully saturated rings. The summed E-state index contributed by atoms with van der Waals surface area (Å²) in [6.07, 6.45) is 1.23. The van der Waals surface area contributed by atoms with E-state index in [4.69, 9.17) is 0 Å². The zero-order chi connectivity index (χ0) is 21.7. The number of rotatable bonds is 6. The van der Waals surface area contributed by atoms with Crippen LogP contribution >= 0.6 is 0 Å². The molecule has 0 atom stereocenters. The molecule has 0 unspecified atom stereocenters. The van der Waals surface area contributed by atoms with Gasteiger partial charge in [0.05, 0.1) is 6.26 Å². The Morgan fingerprint density at radius 3 is 2.10 bits per heavy atom. The van der Waals surface area contributed by atoms with E-state index in [1.807, 2.05) is 18.2 Å². The maximum absolute atomic E-state index is 12.6. The third-order valence-electron chi connectivity index (χ3n) is 4.86. The lowest BCUT2D eigenvalue weighted by molar-refractivity contribution is -0.114. The Bertz CT molecular complexity index is 1010. The normalized spacial score (nSPS) is 15.5. The Labute approximate surface area is 176 Å². The van der Waals surface area contributed by atoms with Crippen LogP contribution in [0.4, 0.5) is 11.4 Å². The molecule has 1 aliphatic rings. The van der Waals surface area contributed by atoms with Crippen molar-refractivity contribution in [3.63, 3.8) is 0 Å². The lowest BCUT2D eigenvalue weighted by atomic mass is 10.1. The average molecular weight is 431 g/mol. The molecule has 0 radical (unpaired) electrons. The summed E-state index contributed by atoms with van der Waals surface area (Å²) >= 11 is 0. The first-order valence-corrected chi connectivity index (χ1v) is 11.5. The molecule has 0 spiro atoms. The van der Waals surface area contributed by atoms with Gasteiger partial charge in [-0.1, -0.05) is 12.1 Å². The number of carbonyl (C=O) groups is 2. The van der Waals surface area contributed by atoms with Crippen LogP contribution in [0.2, 0.25) is 0 Å². The first-order chi connectivity index (χ1) is 14.2. The minimum Gasteiger partial charge on any atom is -0.326 e. The van der Waals surface area contributed by atoms with E-state index >= 15 is 0 Å². The highest BCUT2D eigenvalue weighted by Gasteiger charge is 2.23. The fraction of sp³-hybridized carbons (Fsp3) is 0.333. The molecule has 0 bridgehead atoms. The summed E-state index contributed by atoms with van der Waals surface area (Å²) in [6.45, 7) is 4.37. The second kappa shape index (κ2) is 9.38. The molecule has 9 heteroatoms. The molecule has 2 amide bonds. The van der Waals surface area contributed by atoms with Gasteiger partial charge < -0.3 is 10.6 Å². The first-order valence-electron chi connectivity index (χ1n) is 9.66. The van der Waals surface area contributed by atoms with Crippen molar-refractivity contribution in [1.29, 1.82) is 0 Å². The van der Waals surface area contributed by atoms with Crippen LogP contribution in [0.1, 0.15) is 22.8 Å². The van der Waals surface area contributed by atoms with Gasteiger partial charge in [-0.2, -0.15) is 4.31 Å². The van der Waals surface area contributed by atoms with E-state index in [2.05, 4.69) is 15.5 Å². The van der Waals surface area contributed by atoms with Crippen LogP contribution in [0, 0.1) is 0 Å². The zero-order valence-electron chi connectivity index (χ0n) is 17.1. The Morgan fingerprint density at radius 1 is 0.933 bits per heavy atom. The van der Waals surface area contributed by atoms with Crippen molar-refractivity contribution in [2.24, 2.45) is 0 Å². The van der Waals surface area contributed by atoms with Gasteiger partial charge in [-0.25, -0.2) is 8.42 Å². The van der Waals surface area contributed by atoms with Crippen molar-refractivity contribution in [2.45, 2.75) is 13.5 Å². The van der Waals surface area contributed by atoms with Crippen LogP contribution in [0.5, 0.6) is 0 Å². The lowest BCUT2D eigenvalue weighted by Gasteiger charge is -2.33. The van der Waals surface area contributed by atoms with Gasteiger partial charge in [-0.3, -0.25) is 14.5 Å². The molecule has 8 nitrogen and oxygen atoms in total. The molecule has 1 saturated heterocycles. The molecule has 160 valence electrons. The van der Waals surface area contributed by atoms with Gasteiger partial charge in [0, 0.05) is 56.6 Å². The Kier molecular flexibility index (Phi) is 6.86. The molecular formula is C21H26N4O4S. The monoisotopic (exact) mass is 430 g/mol. The summed E-state index contributed by atoms with van der Waals surface area (Å²) in [5.74, 6) is -0.368. The molecule has 30 heavy (non-hydrogen) atoms. The number of hydrogen-bond donors (Lipinski definition) is 2. The smallest absolute Gasteiger partial charge is 0.255 e. The summed E-state index contributed by atoms with van der Waals surface area (Å²) in [5, 5.41) is 5.53. The van der Waals surface area contributed by atoms with Crippen molar-refractivity contribution in [2.75, 3.05) is 43.1 Å². The molecule has 1 aliphatic heterocycles. The molecule has 2 aromatic rings. The standard InChI is InChI=1S/C21H26N4O4S/c1-16(26)22-19-6-8-20(9-7-19)23-21(27)18-5-3-4-17(14-18)15-24-10-12-25(13-11-24)30(2,28)29/h3-9,14H,10-13,15H2,1-2H3,(H,22,26)(H,23,27). The van der Waals surface area contributed by atoms with Gasteiger partial charge in [-0.15, -0.1) is 0 Å². The van der Waals surface area contributed by atoms with Gasteiger partial charge in [0.15, 0.2) is 0 Å². The number of anilines is 2. The van der Waals surface area contributed by atoms with Crippen molar-refractivity contribution in [1.82, 2.24) is 9.21 Å². The van der Waals surface area contributed by atoms with Gasteiger partial charge >= 0.3 is 0 Å². The largest absolute Gasteiger partial charge is 0.326 e. The molecule has 1 heterocycles. The summed E-state index contributed by atoms with van der Waals surface area (Å²) in [4.78, 5) is 25.9. The number of nitrogens with zero attached hydrogens (tertiary/aromatic N) is 2. The maximum atomic E-state index is 12.6. The SMILES string of the molecule is CC(=O)Nc1ccc(NC(=O)c2cccc(CN3CCN(S(C)(=O)=O)CC3)c2)cc1.